The van der Waals surface area contributed by atoms with Crippen molar-refractivity contribution in [2.24, 2.45) is 0 Å². The molecule has 1 aromatic carbocycles. The summed E-state index contributed by atoms with van der Waals surface area (Å²) in [7, 11) is 1.59. The summed E-state index contributed by atoms with van der Waals surface area (Å²) in [6.45, 7) is 1.93. The standard InChI is InChI=1S/C15H14N4O3S/c1-8-6-16-13(17-8)10-4-3-9(5-12(10)22-2)18-15-19-11(7-23-15)14(20)21/h3-7H,1-2H3,(H,16,17)(H,18,19)(H,20,21). The first kappa shape index (κ1) is 15.0. The minimum Gasteiger partial charge on any atom is -0.496 e. The zero-order valence-corrected chi connectivity index (χ0v) is 13.3. The summed E-state index contributed by atoms with van der Waals surface area (Å²) >= 11 is 1.23. The van der Waals surface area contributed by atoms with Crippen molar-refractivity contribution in [1.82, 2.24) is 15.0 Å². The number of methoxy groups -OCH3 is 1. The number of thiazole rings is 1. The van der Waals surface area contributed by atoms with Gasteiger partial charge >= 0.3 is 5.97 Å². The van der Waals surface area contributed by atoms with Crippen LogP contribution in [0.15, 0.2) is 29.8 Å². The van der Waals surface area contributed by atoms with E-state index < -0.39 is 5.97 Å². The minimum atomic E-state index is -1.05. The molecule has 0 amide bonds. The second-order valence-corrected chi connectivity index (χ2v) is 5.66. The van der Waals surface area contributed by atoms with Gasteiger partial charge in [-0.1, -0.05) is 0 Å². The highest BCUT2D eigenvalue weighted by molar-refractivity contribution is 7.14. The van der Waals surface area contributed by atoms with E-state index in [9.17, 15) is 4.79 Å². The van der Waals surface area contributed by atoms with Crippen LogP contribution in [-0.2, 0) is 0 Å². The van der Waals surface area contributed by atoms with Crippen LogP contribution in [0.4, 0.5) is 10.8 Å². The average molecular weight is 330 g/mol. The molecule has 3 N–H and O–H groups in total. The van der Waals surface area contributed by atoms with Gasteiger partial charge in [0.1, 0.15) is 11.6 Å². The van der Waals surface area contributed by atoms with Gasteiger partial charge < -0.3 is 20.1 Å². The summed E-state index contributed by atoms with van der Waals surface area (Å²) in [6.07, 6.45) is 1.75. The number of benzene rings is 1. The number of hydrogen-bond donors (Lipinski definition) is 3. The first-order valence-corrected chi connectivity index (χ1v) is 7.60. The Morgan fingerprint density at radius 2 is 2.26 bits per heavy atom. The first-order chi connectivity index (χ1) is 11.1. The lowest BCUT2D eigenvalue weighted by atomic mass is 10.1. The molecule has 23 heavy (non-hydrogen) atoms. The van der Waals surface area contributed by atoms with E-state index in [1.165, 1.54) is 16.7 Å². The summed E-state index contributed by atoms with van der Waals surface area (Å²) in [5.41, 5.74) is 2.58. The molecular weight excluding hydrogens is 316 g/mol. The molecule has 0 aliphatic rings. The van der Waals surface area contributed by atoms with E-state index in [0.29, 0.717) is 10.9 Å². The topological polar surface area (TPSA) is 100 Å². The molecule has 2 heterocycles. The van der Waals surface area contributed by atoms with Crippen LogP contribution in [0.25, 0.3) is 11.4 Å². The molecule has 0 bridgehead atoms. The molecule has 0 saturated carbocycles. The summed E-state index contributed by atoms with van der Waals surface area (Å²) in [5.74, 6) is 0.336. The van der Waals surface area contributed by atoms with Gasteiger partial charge in [-0.2, -0.15) is 0 Å². The normalized spacial score (nSPS) is 10.5. The highest BCUT2D eigenvalue weighted by Crippen LogP contribution is 2.32. The van der Waals surface area contributed by atoms with Gasteiger partial charge in [-0.15, -0.1) is 11.3 Å². The number of carboxylic acid groups (broad SMARTS) is 1. The Morgan fingerprint density at radius 3 is 2.87 bits per heavy atom. The van der Waals surface area contributed by atoms with Gasteiger partial charge in [-0.05, 0) is 19.1 Å². The number of ether oxygens (including phenoxy) is 1. The number of anilines is 2. The Balaban J connectivity index is 1.87. The van der Waals surface area contributed by atoms with Crippen LogP contribution in [0, 0.1) is 6.92 Å². The number of aromatic carboxylic acids is 1. The SMILES string of the molecule is COc1cc(Nc2nc(C(=O)O)cs2)ccc1-c1ncc(C)[nH]1. The molecule has 0 atom stereocenters. The van der Waals surface area contributed by atoms with Crippen LogP contribution in [0.3, 0.4) is 0 Å². The number of aromatic amines is 1. The summed E-state index contributed by atoms with van der Waals surface area (Å²) in [6, 6.07) is 5.55. The summed E-state index contributed by atoms with van der Waals surface area (Å²) < 4.78 is 5.42. The molecule has 0 saturated heterocycles. The Kier molecular flexibility index (Phi) is 3.98. The van der Waals surface area contributed by atoms with Crippen molar-refractivity contribution in [2.75, 3.05) is 12.4 Å². The fraction of sp³-hybridized carbons (Fsp3) is 0.133. The number of hydrogen-bond acceptors (Lipinski definition) is 6. The predicted molar refractivity (Wildman–Crippen MR) is 87.7 cm³/mol. The Labute approximate surface area is 136 Å². The molecule has 0 spiro atoms. The molecule has 0 aliphatic heterocycles. The molecule has 0 fully saturated rings. The average Bonchev–Trinajstić information content (AvgIpc) is 3.16. The third kappa shape index (κ3) is 3.16. The molecule has 0 unspecified atom stereocenters. The maximum absolute atomic E-state index is 10.9. The number of imidazole rings is 1. The Bertz CT molecular complexity index is 856. The third-order valence-electron chi connectivity index (χ3n) is 3.13. The lowest BCUT2D eigenvalue weighted by Gasteiger charge is -2.09. The van der Waals surface area contributed by atoms with E-state index in [1.807, 2.05) is 25.1 Å². The molecule has 118 valence electrons. The van der Waals surface area contributed by atoms with Crippen LogP contribution in [0.1, 0.15) is 16.2 Å². The van der Waals surface area contributed by atoms with E-state index in [-0.39, 0.29) is 5.69 Å². The number of carbonyl (C=O) groups is 1. The molecule has 0 aliphatic carbocycles. The lowest BCUT2D eigenvalue weighted by molar-refractivity contribution is 0.0691. The molecular formula is C15H14N4O3S. The van der Waals surface area contributed by atoms with E-state index >= 15 is 0 Å². The summed E-state index contributed by atoms with van der Waals surface area (Å²) in [4.78, 5) is 22.3. The molecule has 8 heteroatoms. The van der Waals surface area contributed by atoms with Crippen LogP contribution < -0.4 is 10.1 Å². The van der Waals surface area contributed by atoms with Gasteiger partial charge in [0.05, 0.1) is 12.7 Å². The van der Waals surface area contributed by atoms with Gasteiger partial charge in [0, 0.05) is 29.0 Å². The van der Waals surface area contributed by atoms with Gasteiger partial charge in [-0.25, -0.2) is 14.8 Å². The van der Waals surface area contributed by atoms with Crippen LogP contribution in [0.2, 0.25) is 0 Å². The smallest absolute Gasteiger partial charge is 0.355 e. The number of aromatic nitrogens is 3. The van der Waals surface area contributed by atoms with Crippen LogP contribution in [-0.4, -0.2) is 33.1 Å². The highest BCUT2D eigenvalue weighted by atomic mass is 32.1. The second kappa shape index (κ2) is 6.09. The second-order valence-electron chi connectivity index (χ2n) is 4.80. The van der Waals surface area contributed by atoms with Crippen molar-refractivity contribution in [3.05, 3.63) is 41.2 Å². The molecule has 7 nitrogen and oxygen atoms in total. The highest BCUT2D eigenvalue weighted by Gasteiger charge is 2.12. The van der Waals surface area contributed by atoms with Crippen LogP contribution >= 0.6 is 11.3 Å². The van der Waals surface area contributed by atoms with E-state index in [2.05, 4.69) is 20.3 Å². The maximum Gasteiger partial charge on any atom is 0.355 e. The van der Waals surface area contributed by atoms with E-state index in [1.54, 1.807) is 13.3 Å². The van der Waals surface area contributed by atoms with Gasteiger partial charge in [0.15, 0.2) is 10.8 Å². The van der Waals surface area contributed by atoms with Crippen LogP contribution in [0.5, 0.6) is 5.75 Å². The minimum absolute atomic E-state index is 0.0205. The Hall–Kier alpha value is -2.87. The van der Waals surface area contributed by atoms with Crippen molar-refractivity contribution >= 4 is 28.1 Å². The predicted octanol–water partition coefficient (Wildman–Crippen LogP) is 3.29. The molecule has 2 aromatic heterocycles. The zero-order chi connectivity index (χ0) is 16.4. The molecule has 3 aromatic rings. The largest absolute Gasteiger partial charge is 0.496 e. The molecule has 0 radical (unpaired) electrons. The summed E-state index contributed by atoms with van der Waals surface area (Å²) in [5, 5.41) is 14.0. The molecule has 3 rings (SSSR count). The fourth-order valence-corrected chi connectivity index (χ4v) is 2.77. The number of nitrogens with one attached hydrogen (secondary N) is 2. The monoisotopic (exact) mass is 330 g/mol. The van der Waals surface area contributed by atoms with Gasteiger partial charge in [0.2, 0.25) is 0 Å². The van der Waals surface area contributed by atoms with E-state index in [4.69, 9.17) is 9.84 Å². The van der Waals surface area contributed by atoms with Crippen molar-refractivity contribution in [3.63, 3.8) is 0 Å². The lowest BCUT2D eigenvalue weighted by Crippen LogP contribution is -1.97. The number of nitrogens with zero attached hydrogens (tertiary/aromatic N) is 2. The number of rotatable bonds is 5. The third-order valence-corrected chi connectivity index (χ3v) is 3.89. The van der Waals surface area contributed by atoms with Crippen molar-refractivity contribution in [3.8, 4) is 17.1 Å². The zero-order valence-electron chi connectivity index (χ0n) is 12.5. The van der Waals surface area contributed by atoms with Gasteiger partial charge in [-0.3, -0.25) is 0 Å². The number of aryl methyl sites for hydroxylation is 1. The van der Waals surface area contributed by atoms with Crippen molar-refractivity contribution < 1.29 is 14.6 Å². The number of H-pyrrole nitrogens is 1. The maximum atomic E-state index is 10.9. The fourth-order valence-electron chi connectivity index (χ4n) is 2.07. The van der Waals surface area contributed by atoms with Gasteiger partial charge in [0.25, 0.3) is 0 Å². The quantitative estimate of drug-likeness (QED) is 0.664. The first-order valence-electron chi connectivity index (χ1n) is 6.72. The van der Waals surface area contributed by atoms with Crippen molar-refractivity contribution in [1.29, 1.82) is 0 Å². The van der Waals surface area contributed by atoms with Crippen molar-refractivity contribution in [2.45, 2.75) is 6.92 Å². The van der Waals surface area contributed by atoms with E-state index in [0.717, 1.165) is 22.8 Å². The Morgan fingerprint density at radius 1 is 1.43 bits per heavy atom. The number of carboxylic acids is 1.